The largest absolute Gasteiger partial charge is 0.480 e. The molecule has 0 bridgehead atoms. The van der Waals surface area contributed by atoms with Crippen LogP contribution in [0, 0.1) is 0 Å². The highest BCUT2D eigenvalue weighted by Gasteiger charge is 2.42. The minimum absolute atomic E-state index is 0.165. The number of carbonyl (C=O) groups excluding carboxylic acids is 1. The number of rotatable bonds is 5. The molecule has 0 saturated heterocycles. The zero-order valence-electron chi connectivity index (χ0n) is 13.1. The van der Waals surface area contributed by atoms with Crippen LogP contribution in [-0.4, -0.2) is 27.8 Å². The maximum absolute atomic E-state index is 12.0. The number of nitrogens with zero attached hydrogens (tertiary/aromatic N) is 1. The lowest BCUT2D eigenvalue weighted by molar-refractivity contribution is -0.144. The number of carbonyl (C=O) groups is 2. The average molecular weight is 329 g/mol. The van der Waals surface area contributed by atoms with Crippen LogP contribution < -0.4 is 10.6 Å². The minimum Gasteiger partial charge on any atom is -0.480 e. The number of benzene rings is 1. The third-order valence-electron chi connectivity index (χ3n) is 4.27. The third kappa shape index (κ3) is 3.40. The van der Waals surface area contributed by atoms with Gasteiger partial charge in [0.15, 0.2) is 5.76 Å². The second-order valence-electron chi connectivity index (χ2n) is 5.95. The molecular formula is C17H19N3O4. The fraction of sp³-hybridized carbons (Fsp3) is 0.353. The summed E-state index contributed by atoms with van der Waals surface area (Å²) >= 11 is 0. The first-order valence-corrected chi connectivity index (χ1v) is 7.89. The molecule has 1 saturated carbocycles. The maximum Gasteiger partial charge on any atom is 0.329 e. The topological polar surface area (TPSA) is 104 Å². The van der Waals surface area contributed by atoms with E-state index in [0.717, 1.165) is 18.4 Å². The second-order valence-corrected chi connectivity index (χ2v) is 5.95. The Bertz CT molecular complexity index is 720. The molecule has 0 atom stereocenters. The van der Waals surface area contributed by atoms with E-state index in [9.17, 15) is 14.7 Å². The molecule has 1 aliphatic rings. The Morgan fingerprint density at radius 3 is 2.58 bits per heavy atom. The summed E-state index contributed by atoms with van der Waals surface area (Å²) in [4.78, 5) is 23.4. The summed E-state index contributed by atoms with van der Waals surface area (Å²) < 4.78 is 5.26. The molecule has 1 fully saturated rings. The molecule has 3 N–H and O–H groups in total. The zero-order valence-corrected chi connectivity index (χ0v) is 13.1. The molecule has 1 aromatic carbocycles. The van der Waals surface area contributed by atoms with Crippen LogP contribution in [0.5, 0.6) is 0 Å². The lowest BCUT2D eigenvalue weighted by Crippen LogP contribution is -2.55. The molecule has 7 nitrogen and oxygen atoms in total. The van der Waals surface area contributed by atoms with Gasteiger partial charge in [0.25, 0.3) is 0 Å². The van der Waals surface area contributed by atoms with E-state index in [2.05, 4.69) is 15.8 Å². The fourth-order valence-electron chi connectivity index (χ4n) is 2.94. The molecular weight excluding hydrogens is 310 g/mol. The minimum atomic E-state index is -1.15. The standard InChI is InChI=1S/C17H19N3O4/c21-15(22)17(8-4-5-9-17)19-16(23)18-11-13-10-14(24-20-13)12-6-2-1-3-7-12/h1-3,6-7,10H,4-5,8-9,11H2,(H,21,22)(H2,18,19,23). The summed E-state index contributed by atoms with van der Waals surface area (Å²) in [5.41, 5.74) is 0.319. The van der Waals surface area contributed by atoms with Crippen LogP contribution in [0.2, 0.25) is 0 Å². The summed E-state index contributed by atoms with van der Waals surface area (Å²) in [5.74, 6) is -0.367. The summed E-state index contributed by atoms with van der Waals surface area (Å²) in [6.07, 6.45) is 2.52. The van der Waals surface area contributed by atoms with Crippen molar-refractivity contribution in [3.05, 3.63) is 42.1 Å². The van der Waals surface area contributed by atoms with Gasteiger partial charge in [0.2, 0.25) is 0 Å². The molecule has 1 heterocycles. The van der Waals surface area contributed by atoms with E-state index >= 15 is 0 Å². The summed E-state index contributed by atoms with van der Waals surface area (Å²) in [6.45, 7) is 0.165. The maximum atomic E-state index is 12.0. The molecule has 0 spiro atoms. The Kier molecular flexibility index (Phi) is 4.50. The Labute approximate surface area is 139 Å². The van der Waals surface area contributed by atoms with Gasteiger partial charge in [-0.3, -0.25) is 0 Å². The SMILES string of the molecule is O=C(NCc1cc(-c2ccccc2)on1)NC1(C(=O)O)CCCC1. The predicted octanol–water partition coefficient (Wildman–Crippen LogP) is 2.54. The van der Waals surface area contributed by atoms with Gasteiger partial charge in [-0.1, -0.05) is 48.3 Å². The molecule has 1 aliphatic carbocycles. The van der Waals surface area contributed by atoms with Crippen molar-refractivity contribution in [3.63, 3.8) is 0 Å². The van der Waals surface area contributed by atoms with Crippen molar-refractivity contribution in [1.82, 2.24) is 15.8 Å². The number of carboxylic acids is 1. The zero-order chi connectivity index (χ0) is 17.0. The highest BCUT2D eigenvalue weighted by Crippen LogP contribution is 2.29. The van der Waals surface area contributed by atoms with Gasteiger partial charge in [-0.2, -0.15) is 0 Å². The van der Waals surface area contributed by atoms with E-state index in [-0.39, 0.29) is 6.54 Å². The van der Waals surface area contributed by atoms with Crippen molar-refractivity contribution in [2.24, 2.45) is 0 Å². The first-order chi connectivity index (χ1) is 11.6. The molecule has 0 radical (unpaired) electrons. The molecule has 24 heavy (non-hydrogen) atoms. The van der Waals surface area contributed by atoms with Gasteiger partial charge < -0.3 is 20.3 Å². The number of aliphatic carboxylic acids is 1. The molecule has 2 aromatic rings. The number of carboxylic acid groups (broad SMARTS) is 1. The monoisotopic (exact) mass is 329 g/mol. The van der Waals surface area contributed by atoms with Gasteiger partial charge in [-0.25, -0.2) is 9.59 Å². The van der Waals surface area contributed by atoms with Crippen molar-refractivity contribution in [2.45, 2.75) is 37.8 Å². The molecule has 2 amide bonds. The van der Waals surface area contributed by atoms with E-state index in [4.69, 9.17) is 4.52 Å². The molecule has 0 aliphatic heterocycles. The summed E-state index contributed by atoms with van der Waals surface area (Å²) in [7, 11) is 0. The Balaban J connectivity index is 1.57. The molecule has 1 aromatic heterocycles. The summed E-state index contributed by atoms with van der Waals surface area (Å²) in [6, 6.07) is 10.8. The number of urea groups is 1. The van der Waals surface area contributed by atoms with Crippen molar-refractivity contribution < 1.29 is 19.2 Å². The number of nitrogens with one attached hydrogen (secondary N) is 2. The van der Waals surface area contributed by atoms with Crippen LogP contribution in [0.15, 0.2) is 40.9 Å². The van der Waals surface area contributed by atoms with Gasteiger partial charge in [0.05, 0.1) is 6.54 Å². The van der Waals surface area contributed by atoms with E-state index in [1.807, 2.05) is 30.3 Å². The molecule has 126 valence electrons. The number of hydrogen-bond donors (Lipinski definition) is 3. The highest BCUT2D eigenvalue weighted by molar-refractivity contribution is 5.86. The smallest absolute Gasteiger partial charge is 0.329 e. The normalized spacial score (nSPS) is 15.8. The first kappa shape index (κ1) is 16.0. The van der Waals surface area contributed by atoms with Gasteiger partial charge >= 0.3 is 12.0 Å². The van der Waals surface area contributed by atoms with Gasteiger partial charge in [-0.15, -0.1) is 0 Å². The van der Waals surface area contributed by atoms with Crippen molar-refractivity contribution in [3.8, 4) is 11.3 Å². The van der Waals surface area contributed by atoms with Crippen molar-refractivity contribution >= 4 is 12.0 Å². The average Bonchev–Trinajstić information content (AvgIpc) is 3.24. The first-order valence-electron chi connectivity index (χ1n) is 7.89. The van der Waals surface area contributed by atoms with E-state index in [1.54, 1.807) is 6.07 Å². The van der Waals surface area contributed by atoms with Crippen LogP contribution in [0.1, 0.15) is 31.4 Å². The van der Waals surface area contributed by atoms with Crippen molar-refractivity contribution in [2.75, 3.05) is 0 Å². The second kappa shape index (κ2) is 6.74. The Hall–Kier alpha value is -2.83. The fourth-order valence-corrected chi connectivity index (χ4v) is 2.94. The van der Waals surface area contributed by atoms with E-state index in [1.165, 1.54) is 0 Å². The van der Waals surface area contributed by atoms with Crippen LogP contribution in [0.4, 0.5) is 4.79 Å². The van der Waals surface area contributed by atoms with Crippen LogP contribution in [0.3, 0.4) is 0 Å². The Morgan fingerprint density at radius 2 is 1.92 bits per heavy atom. The van der Waals surface area contributed by atoms with Crippen LogP contribution in [-0.2, 0) is 11.3 Å². The third-order valence-corrected chi connectivity index (χ3v) is 4.27. The lowest BCUT2D eigenvalue weighted by atomic mass is 9.98. The van der Waals surface area contributed by atoms with Crippen molar-refractivity contribution in [1.29, 1.82) is 0 Å². The number of aromatic nitrogens is 1. The number of hydrogen-bond acceptors (Lipinski definition) is 4. The molecule has 3 rings (SSSR count). The van der Waals surface area contributed by atoms with Crippen LogP contribution >= 0.6 is 0 Å². The van der Waals surface area contributed by atoms with Gasteiger partial charge in [-0.05, 0) is 12.8 Å². The number of amides is 2. The molecule has 7 heteroatoms. The van der Waals surface area contributed by atoms with Gasteiger partial charge in [0.1, 0.15) is 11.2 Å². The highest BCUT2D eigenvalue weighted by atomic mass is 16.5. The predicted molar refractivity (Wildman–Crippen MR) is 86.1 cm³/mol. The van der Waals surface area contributed by atoms with E-state index < -0.39 is 17.5 Å². The molecule has 0 unspecified atom stereocenters. The Morgan fingerprint density at radius 1 is 1.21 bits per heavy atom. The van der Waals surface area contributed by atoms with Crippen LogP contribution in [0.25, 0.3) is 11.3 Å². The van der Waals surface area contributed by atoms with E-state index in [0.29, 0.717) is 24.3 Å². The van der Waals surface area contributed by atoms with Gasteiger partial charge in [0, 0.05) is 11.6 Å². The quantitative estimate of drug-likeness (QED) is 0.782. The summed E-state index contributed by atoms with van der Waals surface area (Å²) in [5, 5.41) is 18.5. The lowest BCUT2D eigenvalue weighted by Gasteiger charge is -2.25.